The summed E-state index contributed by atoms with van der Waals surface area (Å²) in [5.41, 5.74) is 0. The lowest BCUT2D eigenvalue weighted by Crippen LogP contribution is -2.22. The largest absolute Gasteiger partial charge is 0.391 e. The summed E-state index contributed by atoms with van der Waals surface area (Å²) in [6.45, 7) is 1.48. The number of rotatable bonds is 1. The van der Waals surface area contributed by atoms with E-state index in [1.54, 1.807) is 6.20 Å². The molecule has 0 saturated carbocycles. The van der Waals surface area contributed by atoms with Gasteiger partial charge in [0.2, 0.25) is 0 Å². The van der Waals surface area contributed by atoms with E-state index in [1.807, 2.05) is 18.2 Å². The van der Waals surface area contributed by atoms with Gasteiger partial charge in [0.05, 0.1) is 12.3 Å². The number of benzene rings is 1. The number of aliphatic hydroxyl groups excluding tert-OH is 1. The Bertz CT molecular complexity index is 560. The molecule has 0 unspecified atom stereocenters. The molecule has 1 atom stereocenters. The fourth-order valence-corrected chi connectivity index (χ4v) is 2.59. The highest BCUT2D eigenvalue weighted by molar-refractivity contribution is 9.10. The van der Waals surface area contributed by atoms with Crippen LogP contribution in [0.5, 0.6) is 0 Å². The van der Waals surface area contributed by atoms with Gasteiger partial charge in [0.15, 0.2) is 5.82 Å². The first-order chi connectivity index (χ1) is 8.24. The molecule has 1 aromatic heterocycles. The molecule has 0 radical (unpaired) electrons. The van der Waals surface area contributed by atoms with Gasteiger partial charge in [-0.25, -0.2) is 0 Å². The van der Waals surface area contributed by atoms with Crippen molar-refractivity contribution in [3.05, 3.63) is 28.9 Å². The minimum Gasteiger partial charge on any atom is -0.391 e. The van der Waals surface area contributed by atoms with Crippen molar-refractivity contribution in [2.24, 2.45) is 0 Å². The predicted octanol–water partition coefficient (Wildman–Crippen LogP) is 1.96. The quantitative estimate of drug-likeness (QED) is 0.873. The summed E-state index contributed by atoms with van der Waals surface area (Å²) >= 11 is 3.45. The lowest BCUT2D eigenvalue weighted by Gasteiger charge is -2.17. The Morgan fingerprint density at radius 3 is 3.06 bits per heavy atom. The Morgan fingerprint density at radius 1 is 1.41 bits per heavy atom. The zero-order valence-corrected chi connectivity index (χ0v) is 10.8. The number of fused-ring (bicyclic) bond motifs is 1. The van der Waals surface area contributed by atoms with Crippen LogP contribution in [0, 0.1) is 0 Å². The van der Waals surface area contributed by atoms with Gasteiger partial charge < -0.3 is 10.0 Å². The maximum Gasteiger partial charge on any atom is 0.159 e. The van der Waals surface area contributed by atoms with E-state index in [1.165, 1.54) is 0 Å². The molecule has 0 aliphatic carbocycles. The molecule has 0 spiro atoms. The number of β-amino-alcohol motifs (C(OH)–C–C–N with tert-alkyl or cyclic N) is 1. The van der Waals surface area contributed by atoms with Crippen LogP contribution in [0.25, 0.3) is 10.8 Å². The van der Waals surface area contributed by atoms with Crippen molar-refractivity contribution in [1.82, 2.24) is 10.2 Å². The molecule has 88 valence electrons. The average molecular weight is 294 g/mol. The van der Waals surface area contributed by atoms with Crippen LogP contribution >= 0.6 is 15.9 Å². The highest BCUT2D eigenvalue weighted by Crippen LogP contribution is 2.28. The summed E-state index contributed by atoms with van der Waals surface area (Å²) in [5, 5.41) is 20.0. The van der Waals surface area contributed by atoms with Crippen LogP contribution in [0.2, 0.25) is 0 Å². The third-order valence-corrected chi connectivity index (χ3v) is 3.56. The Hall–Kier alpha value is -1.20. The summed E-state index contributed by atoms with van der Waals surface area (Å²) in [6, 6.07) is 6.06. The first-order valence-corrected chi connectivity index (χ1v) is 6.37. The zero-order chi connectivity index (χ0) is 11.8. The normalized spacial score (nSPS) is 20.1. The number of hydrogen-bond donors (Lipinski definition) is 1. The summed E-state index contributed by atoms with van der Waals surface area (Å²) in [6.07, 6.45) is 2.31. The molecule has 4 nitrogen and oxygen atoms in total. The minimum absolute atomic E-state index is 0.248. The van der Waals surface area contributed by atoms with E-state index in [2.05, 4.69) is 31.0 Å². The Kier molecular flexibility index (Phi) is 2.72. The molecule has 1 saturated heterocycles. The summed E-state index contributed by atoms with van der Waals surface area (Å²) in [5.74, 6) is 0.867. The number of nitrogens with zero attached hydrogens (tertiary/aromatic N) is 3. The molecule has 17 heavy (non-hydrogen) atoms. The van der Waals surface area contributed by atoms with Crippen LogP contribution < -0.4 is 4.90 Å². The van der Waals surface area contributed by atoms with Crippen LogP contribution in [0.15, 0.2) is 28.9 Å². The van der Waals surface area contributed by atoms with Crippen molar-refractivity contribution in [3.8, 4) is 0 Å². The van der Waals surface area contributed by atoms with Crippen LogP contribution in [0.3, 0.4) is 0 Å². The van der Waals surface area contributed by atoms with Crippen LogP contribution in [0.1, 0.15) is 6.42 Å². The molecule has 0 amide bonds. The summed E-state index contributed by atoms with van der Waals surface area (Å²) in [4.78, 5) is 2.09. The SMILES string of the molecule is O[C@H]1CCN(c2nncc3cc(Br)ccc23)C1. The maximum absolute atomic E-state index is 9.58. The highest BCUT2D eigenvalue weighted by Gasteiger charge is 2.23. The Balaban J connectivity index is 2.10. The van der Waals surface area contributed by atoms with E-state index in [0.29, 0.717) is 6.54 Å². The van der Waals surface area contributed by atoms with Gasteiger partial charge in [0, 0.05) is 28.3 Å². The van der Waals surface area contributed by atoms with Crippen molar-refractivity contribution >= 4 is 32.5 Å². The first kappa shape index (κ1) is 10.9. The predicted molar refractivity (Wildman–Crippen MR) is 70.1 cm³/mol. The second kappa shape index (κ2) is 4.23. The molecule has 1 aromatic carbocycles. The standard InChI is InChI=1S/C12H12BrN3O/c13-9-1-2-11-8(5-9)6-14-15-12(11)16-4-3-10(17)7-16/h1-2,5-6,10,17H,3-4,7H2/t10-/m0/s1. The highest BCUT2D eigenvalue weighted by atomic mass is 79.9. The van der Waals surface area contributed by atoms with E-state index in [-0.39, 0.29) is 6.10 Å². The third kappa shape index (κ3) is 2.00. The summed E-state index contributed by atoms with van der Waals surface area (Å²) in [7, 11) is 0. The number of halogens is 1. The fraction of sp³-hybridized carbons (Fsp3) is 0.333. The van der Waals surface area contributed by atoms with Crippen LogP contribution in [-0.4, -0.2) is 34.5 Å². The van der Waals surface area contributed by atoms with Crippen molar-refractivity contribution < 1.29 is 5.11 Å². The second-order valence-electron chi connectivity index (χ2n) is 4.29. The number of aromatic nitrogens is 2. The molecule has 1 aliphatic heterocycles. The molecule has 1 aliphatic rings. The van der Waals surface area contributed by atoms with Gasteiger partial charge in [0.1, 0.15) is 0 Å². The van der Waals surface area contributed by atoms with Gasteiger partial charge in [-0.15, -0.1) is 5.10 Å². The van der Waals surface area contributed by atoms with E-state index in [9.17, 15) is 5.11 Å². The van der Waals surface area contributed by atoms with Gasteiger partial charge in [-0.1, -0.05) is 15.9 Å². The lowest BCUT2D eigenvalue weighted by molar-refractivity contribution is 0.198. The monoisotopic (exact) mass is 293 g/mol. The molecule has 2 heterocycles. The smallest absolute Gasteiger partial charge is 0.159 e. The molecule has 0 bridgehead atoms. The molecular weight excluding hydrogens is 282 g/mol. The van der Waals surface area contributed by atoms with Gasteiger partial charge in [0.25, 0.3) is 0 Å². The van der Waals surface area contributed by atoms with Gasteiger partial charge in [-0.05, 0) is 24.6 Å². The van der Waals surface area contributed by atoms with Crippen LogP contribution in [0.4, 0.5) is 5.82 Å². The van der Waals surface area contributed by atoms with Crippen molar-refractivity contribution in [3.63, 3.8) is 0 Å². The Morgan fingerprint density at radius 2 is 2.29 bits per heavy atom. The van der Waals surface area contributed by atoms with E-state index in [0.717, 1.165) is 34.0 Å². The molecule has 2 aromatic rings. The molecular formula is C12H12BrN3O. The minimum atomic E-state index is -0.248. The molecule has 5 heteroatoms. The number of hydrogen-bond acceptors (Lipinski definition) is 4. The topological polar surface area (TPSA) is 49.2 Å². The van der Waals surface area contributed by atoms with E-state index >= 15 is 0 Å². The fourth-order valence-electron chi connectivity index (χ4n) is 2.21. The lowest BCUT2D eigenvalue weighted by atomic mass is 10.2. The van der Waals surface area contributed by atoms with Gasteiger partial charge >= 0.3 is 0 Å². The maximum atomic E-state index is 9.58. The van der Waals surface area contributed by atoms with E-state index < -0.39 is 0 Å². The average Bonchev–Trinajstić information content (AvgIpc) is 2.74. The van der Waals surface area contributed by atoms with E-state index in [4.69, 9.17) is 0 Å². The summed E-state index contributed by atoms with van der Waals surface area (Å²) < 4.78 is 1.03. The Labute approximate surface area is 107 Å². The first-order valence-electron chi connectivity index (χ1n) is 5.58. The van der Waals surface area contributed by atoms with Crippen molar-refractivity contribution in [1.29, 1.82) is 0 Å². The van der Waals surface area contributed by atoms with Gasteiger partial charge in [-0.2, -0.15) is 5.10 Å². The molecule has 3 rings (SSSR count). The second-order valence-corrected chi connectivity index (χ2v) is 5.20. The third-order valence-electron chi connectivity index (χ3n) is 3.07. The van der Waals surface area contributed by atoms with Crippen molar-refractivity contribution in [2.75, 3.05) is 18.0 Å². The number of aliphatic hydroxyl groups is 1. The molecule has 1 fully saturated rings. The number of anilines is 1. The van der Waals surface area contributed by atoms with Crippen molar-refractivity contribution in [2.45, 2.75) is 12.5 Å². The zero-order valence-electron chi connectivity index (χ0n) is 9.17. The van der Waals surface area contributed by atoms with Crippen LogP contribution in [-0.2, 0) is 0 Å². The molecule has 1 N–H and O–H groups in total. The van der Waals surface area contributed by atoms with Gasteiger partial charge in [-0.3, -0.25) is 0 Å².